The summed E-state index contributed by atoms with van der Waals surface area (Å²) in [5, 5.41) is 5.99. The monoisotopic (exact) mass is 419 g/mol. The van der Waals surface area contributed by atoms with E-state index in [1.54, 1.807) is 17.5 Å². The van der Waals surface area contributed by atoms with Crippen molar-refractivity contribution in [3.05, 3.63) is 41.0 Å². The predicted molar refractivity (Wildman–Crippen MR) is 109 cm³/mol. The smallest absolute Gasteiger partial charge is 0.340 e. The van der Waals surface area contributed by atoms with Crippen LogP contribution in [-0.2, 0) is 9.53 Å². The summed E-state index contributed by atoms with van der Waals surface area (Å²) < 4.78 is 18.9. The second-order valence-electron chi connectivity index (χ2n) is 6.51. The Morgan fingerprint density at radius 2 is 2.07 bits per heavy atom. The van der Waals surface area contributed by atoms with Crippen LogP contribution in [0.15, 0.2) is 29.6 Å². The van der Waals surface area contributed by atoms with Gasteiger partial charge in [-0.1, -0.05) is 11.3 Å². The largest absolute Gasteiger partial charge is 0.465 e. The fourth-order valence-electron chi connectivity index (χ4n) is 3.25. The van der Waals surface area contributed by atoms with Crippen molar-refractivity contribution in [3.8, 4) is 0 Å². The summed E-state index contributed by atoms with van der Waals surface area (Å²) in [7, 11) is 1.32. The maximum Gasteiger partial charge on any atom is 0.340 e. The van der Waals surface area contributed by atoms with Crippen LogP contribution in [0.4, 0.5) is 14.5 Å². The summed E-state index contributed by atoms with van der Waals surface area (Å²) in [6.07, 6.45) is 1.38. The van der Waals surface area contributed by atoms with Crippen molar-refractivity contribution in [2.45, 2.75) is 12.8 Å². The molecule has 0 spiro atoms. The van der Waals surface area contributed by atoms with Crippen LogP contribution in [0, 0.1) is 11.7 Å². The number of carbonyl (C=O) groups is 2. The third kappa shape index (κ3) is 3.72. The third-order valence-electron chi connectivity index (χ3n) is 4.78. The molecular weight excluding hydrogens is 401 g/mol. The minimum absolute atomic E-state index is 0.0846. The van der Waals surface area contributed by atoms with Gasteiger partial charge < -0.3 is 15.0 Å². The molecule has 0 radical (unpaired) electrons. The van der Waals surface area contributed by atoms with Gasteiger partial charge in [-0.25, -0.2) is 14.2 Å². The number of nitrogens with zero attached hydrogens (tertiary/aromatic N) is 2. The van der Waals surface area contributed by atoms with E-state index in [0.717, 1.165) is 15.3 Å². The zero-order chi connectivity index (χ0) is 19.7. The van der Waals surface area contributed by atoms with Gasteiger partial charge in [0.05, 0.1) is 22.9 Å². The number of amides is 1. The Bertz CT molecular complexity index is 1020. The lowest BCUT2D eigenvalue weighted by Gasteiger charge is -2.30. The van der Waals surface area contributed by atoms with Gasteiger partial charge in [0.2, 0.25) is 5.91 Å². The highest BCUT2D eigenvalue weighted by molar-refractivity contribution is 7.22. The molecule has 0 unspecified atom stereocenters. The number of rotatable bonds is 4. The van der Waals surface area contributed by atoms with Gasteiger partial charge in [0.25, 0.3) is 0 Å². The van der Waals surface area contributed by atoms with Crippen LogP contribution >= 0.6 is 22.7 Å². The zero-order valence-electron chi connectivity index (χ0n) is 15.1. The number of esters is 1. The number of methoxy groups -OCH3 is 1. The van der Waals surface area contributed by atoms with Gasteiger partial charge in [0.1, 0.15) is 10.8 Å². The molecule has 3 heterocycles. The first-order valence-corrected chi connectivity index (χ1v) is 10.5. The molecule has 3 aromatic rings. The van der Waals surface area contributed by atoms with E-state index >= 15 is 0 Å². The number of fused-ring (bicyclic) bond motifs is 1. The Labute approximate surface area is 168 Å². The molecule has 146 valence electrons. The summed E-state index contributed by atoms with van der Waals surface area (Å²) in [6.45, 7) is 1.41. The molecule has 9 heteroatoms. The van der Waals surface area contributed by atoms with Crippen LogP contribution in [0.2, 0.25) is 0 Å². The molecule has 2 aromatic heterocycles. The van der Waals surface area contributed by atoms with Crippen LogP contribution < -0.4 is 10.2 Å². The number of hydrogen-bond acceptors (Lipinski definition) is 7. The second kappa shape index (κ2) is 7.84. The molecule has 4 rings (SSSR count). The van der Waals surface area contributed by atoms with Crippen molar-refractivity contribution in [1.29, 1.82) is 0 Å². The molecule has 1 aliphatic heterocycles. The van der Waals surface area contributed by atoms with Gasteiger partial charge in [-0.15, -0.1) is 11.3 Å². The number of benzene rings is 1. The molecule has 1 aliphatic rings. The van der Waals surface area contributed by atoms with Crippen molar-refractivity contribution >= 4 is 54.9 Å². The van der Waals surface area contributed by atoms with Crippen molar-refractivity contribution in [3.63, 3.8) is 0 Å². The number of thiophene rings is 1. The fraction of sp³-hybridized carbons (Fsp3) is 0.316. The Hall–Kier alpha value is -2.52. The van der Waals surface area contributed by atoms with Gasteiger partial charge >= 0.3 is 5.97 Å². The van der Waals surface area contributed by atoms with E-state index in [2.05, 4.69) is 15.2 Å². The van der Waals surface area contributed by atoms with E-state index in [1.165, 1.54) is 41.9 Å². The lowest BCUT2D eigenvalue weighted by atomic mass is 9.96. The molecule has 0 aliphatic carbocycles. The first-order valence-electron chi connectivity index (χ1n) is 8.83. The molecule has 1 aromatic carbocycles. The number of halogens is 1. The average molecular weight is 420 g/mol. The first-order chi connectivity index (χ1) is 13.5. The van der Waals surface area contributed by atoms with Crippen LogP contribution in [0.3, 0.4) is 0 Å². The van der Waals surface area contributed by atoms with Crippen LogP contribution in [0.1, 0.15) is 23.2 Å². The number of thiazole rings is 1. The lowest BCUT2D eigenvalue weighted by molar-refractivity contribution is -0.120. The van der Waals surface area contributed by atoms with Gasteiger partial charge in [0.15, 0.2) is 5.13 Å². The summed E-state index contributed by atoms with van der Waals surface area (Å²) in [4.78, 5) is 31.1. The second-order valence-corrected chi connectivity index (χ2v) is 8.44. The minimum atomic E-state index is -0.460. The Morgan fingerprint density at radius 1 is 1.29 bits per heavy atom. The molecular formula is C19H18FN3O3S2. The number of carbonyl (C=O) groups excluding carboxylic acids is 2. The molecule has 1 N–H and O–H groups in total. The molecule has 0 bridgehead atoms. The molecule has 0 saturated carbocycles. The number of anilines is 2. The van der Waals surface area contributed by atoms with Gasteiger partial charge in [-0.05, 0) is 42.5 Å². The Morgan fingerprint density at radius 3 is 2.82 bits per heavy atom. The molecule has 1 amide bonds. The van der Waals surface area contributed by atoms with E-state index in [0.29, 0.717) is 36.5 Å². The summed E-state index contributed by atoms with van der Waals surface area (Å²) in [5.74, 6) is -0.939. The van der Waals surface area contributed by atoms with E-state index in [9.17, 15) is 14.0 Å². The van der Waals surface area contributed by atoms with E-state index in [4.69, 9.17) is 4.74 Å². The Kier molecular flexibility index (Phi) is 5.27. The summed E-state index contributed by atoms with van der Waals surface area (Å²) >= 11 is 2.77. The normalized spacial score (nSPS) is 15.0. The molecule has 28 heavy (non-hydrogen) atoms. The van der Waals surface area contributed by atoms with Crippen LogP contribution in [0.5, 0.6) is 0 Å². The number of ether oxygens (including phenoxy) is 1. The van der Waals surface area contributed by atoms with E-state index in [1.807, 2.05) is 0 Å². The quantitative estimate of drug-likeness (QED) is 0.644. The number of hydrogen-bond donors (Lipinski definition) is 1. The van der Waals surface area contributed by atoms with Crippen LogP contribution in [-0.4, -0.2) is 37.1 Å². The standard InChI is InChI=1S/C19H18FN3O3S2/c1-26-18(25)13-6-9-27-17(13)22-16(24)11-4-7-23(8-5-11)19-21-14-3-2-12(20)10-15(14)28-19/h2-3,6,9-11H,4-5,7-8H2,1H3,(H,22,24). The zero-order valence-corrected chi connectivity index (χ0v) is 16.7. The minimum Gasteiger partial charge on any atom is -0.465 e. The molecule has 6 nitrogen and oxygen atoms in total. The van der Waals surface area contributed by atoms with Crippen LogP contribution in [0.25, 0.3) is 10.2 Å². The van der Waals surface area contributed by atoms with E-state index < -0.39 is 5.97 Å². The molecule has 1 fully saturated rings. The average Bonchev–Trinajstić information content (AvgIpc) is 3.34. The topological polar surface area (TPSA) is 71.5 Å². The van der Waals surface area contributed by atoms with Gasteiger partial charge in [-0.2, -0.15) is 0 Å². The highest BCUT2D eigenvalue weighted by Crippen LogP contribution is 2.32. The predicted octanol–water partition coefficient (Wildman–Crippen LogP) is 4.14. The maximum atomic E-state index is 13.4. The highest BCUT2D eigenvalue weighted by Gasteiger charge is 2.27. The summed E-state index contributed by atoms with van der Waals surface area (Å²) in [6, 6.07) is 6.24. The fourth-order valence-corrected chi connectivity index (χ4v) is 5.07. The first kappa shape index (κ1) is 18.8. The van der Waals surface area contributed by atoms with Crippen molar-refractivity contribution < 1.29 is 18.7 Å². The molecule has 1 saturated heterocycles. The number of aromatic nitrogens is 1. The third-order valence-corrected chi connectivity index (χ3v) is 6.69. The van der Waals surface area contributed by atoms with Crippen molar-refractivity contribution in [2.75, 3.05) is 30.4 Å². The lowest BCUT2D eigenvalue weighted by Crippen LogP contribution is -2.38. The van der Waals surface area contributed by atoms with Gasteiger partial charge in [-0.3, -0.25) is 4.79 Å². The summed E-state index contributed by atoms with van der Waals surface area (Å²) in [5.41, 5.74) is 1.16. The Balaban J connectivity index is 1.39. The van der Waals surface area contributed by atoms with E-state index in [-0.39, 0.29) is 17.6 Å². The molecule has 0 atom stereocenters. The van der Waals surface area contributed by atoms with Crippen molar-refractivity contribution in [2.24, 2.45) is 5.92 Å². The van der Waals surface area contributed by atoms with Crippen molar-refractivity contribution in [1.82, 2.24) is 4.98 Å². The number of piperidine rings is 1. The maximum absolute atomic E-state index is 13.4. The van der Waals surface area contributed by atoms with Gasteiger partial charge in [0, 0.05) is 19.0 Å². The number of nitrogens with one attached hydrogen (secondary N) is 1. The highest BCUT2D eigenvalue weighted by atomic mass is 32.1. The SMILES string of the molecule is COC(=O)c1ccsc1NC(=O)C1CCN(c2nc3ccc(F)cc3s2)CC1.